The molecule has 2 heterocycles. The van der Waals surface area contributed by atoms with E-state index in [4.69, 9.17) is 26.8 Å². The molecule has 0 radical (unpaired) electrons. The zero-order chi connectivity index (χ0) is 23.8. The number of hydrogen-bond donors (Lipinski definition) is 2. The monoisotopic (exact) mass is 475 g/mol. The number of methoxy groups -OCH3 is 1. The highest BCUT2D eigenvalue weighted by molar-refractivity contribution is 6.32. The van der Waals surface area contributed by atoms with E-state index in [0.717, 1.165) is 13.0 Å². The standard InChI is InChI=1S/C20H18ClF4N3O4/c1-19(20(23,24)25)8-11(10-3-4-12(22)14(21)15(10)31-2)16(32-19)18(30)28-9-5-6-27-13(7-9)17(26)29/h3-7,11,16H,8H2,1-2H3,(H2,26,29)(H,27,28,30). The van der Waals surface area contributed by atoms with Crippen molar-refractivity contribution in [1.29, 1.82) is 0 Å². The molecule has 3 N–H and O–H groups in total. The third-order valence-electron chi connectivity index (χ3n) is 5.18. The summed E-state index contributed by atoms with van der Waals surface area (Å²) in [6, 6.07) is 4.67. The minimum atomic E-state index is -4.80. The number of hydrogen-bond acceptors (Lipinski definition) is 5. The number of anilines is 1. The van der Waals surface area contributed by atoms with Crippen LogP contribution in [0.3, 0.4) is 0 Å². The van der Waals surface area contributed by atoms with Gasteiger partial charge in [0.1, 0.15) is 28.4 Å². The van der Waals surface area contributed by atoms with E-state index in [1.54, 1.807) is 0 Å². The van der Waals surface area contributed by atoms with Crippen LogP contribution in [0.15, 0.2) is 30.5 Å². The lowest BCUT2D eigenvalue weighted by molar-refractivity contribution is -0.261. The van der Waals surface area contributed by atoms with Crippen LogP contribution in [0, 0.1) is 5.82 Å². The van der Waals surface area contributed by atoms with E-state index < -0.39 is 52.9 Å². The summed E-state index contributed by atoms with van der Waals surface area (Å²) in [6.45, 7) is 0.822. The number of nitrogens with two attached hydrogens (primary N) is 1. The largest absolute Gasteiger partial charge is 0.495 e. The highest BCUT2D eigenvalue weighted by atomic mass is 35.5. The van der Waals surface area contributed by atoms with E-state index in [-0.39, 0.29) is 22.7 Å². The Balaban J connectivity index is 2.01. The minimum absolute atomic E-state index is 0.0749. The van der Waals surface area contributed by atoms with Gasteiger partial charge in [-0.1, -0.05) is 17.7 Å². The molecule has 2 aromatic rings. The van der Waals surface area contributed by atoms with Gasteiger partial charge in [0.2, 0.25) is 0 Å². The second-order valence-electron chi connectivity index (χ2n) is 7.34. The predicted octanol–water partition coefficient (Wildman–Crippen LogP) is 3.81. The number of aromatic nitrogens is 1. The van der Waals surface area contributed by atoms with Crippen molar-refractivity contribution in [3.63, 3.8) is 0 Å². The van der Waals surface area contributed by atoms with Crippen molar-refractivity contribution in [3.8, 4) is 5.75 Å². The highest BCUT2D eigenvalue weighted by Gasteiger charge is 2.61. The Hall–Kier alpha value is -2.92. The number of carbonyl (C=O) groups excluding carboxylic acids is 2. The lowest BCUT2D eigenvalue weighted by Crippen LogP contribution is -2.43. The lowest BCUT2D eigenvalue weighted by atomic mass is 9.86. The van der Waals surface area contributed by atoms with Crippen LogP contribution >= 0.6 is 11.6 Å². The maximum atomic E-state index is 13.9. The Kier molecular flexibility index (Phi) is 6.34. The van der Waals surface area contributed by atoms with Crippen molar-refractivity contribution >= 4 is 29.1 Å². The number of ether oxygens (including phenoxy) is 2. The molecule has 1 aromatic carbocycles. The van der Waals surface area contributed by atoms with Gasteiger partial charge >= 0.3 is 6.18 Å². The summed E-state index contributed by atoms with van der Waals surface area (Å²) in [5, 5.41) is 1.98. The number of alkyl halides is 3. The molecule has 172 valence electrons. The maximum Gasteiger partial charge on any atom is 0.417 e. The molecular formula is C20H18ClF4N3O4. The van der Waals surface area contributed by atoms with Crippen molar-refractivity contribution in [1.82, 2.24) is 4.98 Å². The number of benzene rings is 1. The zero-order valence-corrected chi connectivity index (χ0v) is 17.6. The van der Waals surface area contributed by atoms with Gasteiger partial charge in [-0.2, -0.15) is 13.2 Å². The van der Waals surface area contributed by atoms with Crippen LogP contribution in [0.25, 0.3) is 0 Å². The van der Waals surface area contributed by atoms with Crippen LogP contribution < -0.4 is 15.8 Å². The third kappa shape index (κ3) is 4.35. The molecule has 1 aliphatic heterocycles. The predicted molar refractivity (Wildman–Crippen MR) is 106 cm³/mol. The van der Waals surface area contributed by atoms with E-state index in [2.05, 4.69) is 10.3 Å². The summed E-state index contributed by atoms with van der Waals surface area (Å²) in [5.41, 5.74) is 2.49. The van der Waals surface area contributed by atoms with Crippen molar-refractivity contribution in [2.45, 2.75) is 37.1 Å². The molecule has 1 fully saturated rings. The Morgan fingerprint density at radius 1 is 1.34 bits per heavy atom. The van der Waals surface area contributed by atoms with Crippen molar-refractivity contribution in [3.05, 3.63) is 52.6 Å². The molecular weight excluding hydrogens is 458 g/mol. The number of primary amides is 1. The van der Waals surface area contributed by atoms with Crippen molar-refractivity contribution in [2.75, 3.05) is 12.4 Å². The fraction of sp³-hybridized carbons (Fsp3) is 0.350. The van der Waals surface area contributed by atoms with Gasteiger partial charge in [0, 0.05) is 23.4 Å². The lowest BCUT2D eigenvalue weighted by Gasteiger charge is -2.27. The molecule has 1 aliphatic rings. The maximum absolute atomic E-state index is 13.9. The number of halogens is 5. The Morgan fingerprint density at radius 2 is 2.03 bits per heavy atom. The van der Waals surface area contributed by atoms with Crippen LogP contribution in [0.5, 0.6) is 5.75 Å². The first kappa shape index (κ1) is 23.7. The zero-order valence-electron chi connectivity index (χ0n) is 16.8. The molecule has 3 atom stereocenters. The summed E-state index contributed by atoms with van der Waals surface area (Å²) < 4.78 is 65.4. The smallest absolute Gasteiger partial charge is 0.417 e. The van der Waals surface area contributed by atoms with Gasteiger partial charge in [-0.25, -0.2) is 4.39 Å². The van der Waals surface area contributed by atoms with E-state index in [9.17, 15) is 27.2 Å². The Bertz CT molecular complexity index is 1070. The molecule has 32 heavy (non-hydrogen) atoms. The first-order valence-corrected chi connectivity index (χ1v) is 9.59. The second-order valence-corrected chi connectivity index (χ2v) is 7.72. The number of pyridine rings is 1. The SMILES string of the molecule is COc1c(C2CC(C)(C(F)(F)F)OC2C(=O)Nc2ccnc(C(N)=O)c2)ccc(F)c1Cl. The van der Waals surface area contributed by atoms with Crippen molar-refractivity contribution < 1.29 is 36.6 Å². The molecule has 3 unspecified atom stereocenters. The Morgan fingerprint density at radius 3 is 2.62 bits per heavy atom. The first-order chi connectivity index (χ1) is 14.9. The molecule has 0 aliphatic carbocycles. The molecule has 0 bridgehead atoms. The van der Waals surface area contributed by atoms with E-state index >= 15 is 0 Å². The van der Waals surface area contributed by atoms with Crippen LogP contribution in [-0.4, -0.2) is 41.8 Å². The fourth-order valence-corrected chi connectivity index (χ4v) is 3.78. The van der Waals surface area contributed by atoms with Gasteiger partial charge < -0.3 is 20.5 Å². The molecule has 2 amide bonds. The van der Waals surface area contributed by atoms with Crippen LogP contribution in [-0.2, 0) is 9.53 Å². The van der Waals surface area contributed by atoms with Gasteiger partial charge in [-0.05, 0) is 31.5 Å². The average molecular weight is 476 g/mol. The molecule has 7 nitrogen and oxygen atoms in total. The number of nitrogens with one attached hydrogen (secondary N) is 1. The number of nitrogens with zero attached hydrogens (tertiary/aromatic N) is 1. The summed E-state index contributed by atoms with van der Waals surface area (Å²) in [6.07, 6.45) is -5.88. The molecule has 0 spiro atoms. The Labute approximate surface area is 184 Å². The summed E-state index contributed by atoms with van der Waals surface area (Å²) in [5.74, 6) is -3.98. The average Bonchev–Trinajstić information content (AvgIpc) is 3.09. The number of carbonyl (C=O) groups is 2. The molecule has 12 heteroatoms. The van der Waals surface area contributed by atoms with Crippen molar-refractivity contribution in [2.24, 2.45) is 5.73 Å². The summed E-state index contributed by atoms with van der Waals surface area (Å²) >= 11 is 5.93. The highest BCUT2D eigenvalue weighted by Crippen LogP contribution is 2.52. The van der Waals surface area contributed by atoms with Crippen LogP contribution in [0.4, 0.5) is 23.2 Å². The number of rotatable bonds is 5. The molecule has 1 aromatic heterocycles. The van der Waals surface area contributed by atoms with Gasteiger partial charge in [-0.15, -0.1) is 0 Å². The third-order valence-corrected chi connectivity index (χ3v) is 5.54. The minimum Gasteiger partial charge on any atom is -0.495 e. The fourth-order valence-electron chi connectivity index (χ4n) is 3.53. The molecule has 0 saturated carbocycles. The molecule has 3 rings (SSSR count). The van der Waals surface area contributed by atoms with Gasteiger partial charge in [0.15, 0.2) is 5.60 Å². The van der Waals surface area contributed by atoms with Gasteiger partial charge in [-0.3, -0.25) is 14.6 Å². The quantitative estimate of drug-likeness (QED) is 0.640. The molecule has 1 saturated heterocycles. The number of amides is 2. The first-order valence-electron chi connectivity index (χ1n) is 9.21. The van der Waals surface area contributed by atoms with Gasteiger partial charge in [0.25, 0.3) is 11.8 Å². The van der Waals surface area contributed by atoms with Crippen LogP contribution in [0.2, 0.25) is 5.02 Å². The second kappa shape index (κ2) is 8.55. The summed E-state index contributed by atoms with van der Waals surface area (Å²) in [7, 11) is 1.18. The topological polar surface area (TPSA) is 104 Å². The van der Waals surface area contributed by atoms with E-state index in [0.29, 0.717) is 0 Å². The van der Waals surface area contributed by atoms with Crippen LogP contribution in [0.1, 0.15) is 35.3 Å². The van der Waals surface area contributed by atoms with Gasteiger partial charge in [0.05, 0.1) is 7.11 Å². The van der Waals surface area contributed by atoms with E-state index in [1.165, 1.54) is 31.5 Å². The normalized spacial score (nSPS) is 23.1. The summed E-state index contributed by atoms with van der Waals surface area (Å²) in [4.78, 5) is 28.0. The van der Waals surface area contributed by atoms with E-state index in [1.807, 2.05) is 0 Å².